The van der Waals surface area contributed by atoms with E-state index in [1.165, 1.54) is 10.5 Å². The summed E-state index contributed by atoms with van der Waals surface area (Å²) in [5.41, 5.74) is 2.45. The Morgan fingerprint density at radius 3 is 2.25 bits per heavy atom. The van der Waals surface area contributed by atoms with Crippen LogP contribution in [-0.4, -0.2) is 38.9 Å². The number of rotatable bonds is 6. The molecule has 7 heteroatoms. The molecule has 2 fully saturated rings. The average molecular weight is 437 g/mol. The highest BCUT2D eigenvalue weighted by Gasteiger charge is 2.47. The number of fused-ring (bicyclic) bond motifs is 1. The fourth-order valence-electron chi connectivity index (χ4n) is 4.72. The zero-order valence-corrected chi connectivity index (χ0v) is 19.1. The van der Waals surface area contributed by atoms with E-state index in [0.717, 1.165) is 31.2 Å². The lowest BCUT2D eigenvalue weighted by Crippen LogP contribution is -2.34. The molecule has 1 N–H and O–H groups in total. The number of hydrogen-bond donors (Lipinski definition) is 1. The lowest BCUT2D eigenvalue weighted by molar-refractivity contribution is -0.140. The van der Waals surface area contributed by atoms with Gasteiger partial charge in [0.15, 0.2) is 0 Å². The third-order valence-corrected chi connectivity index (χ3v) is 6.63. The number of anilines is 1. The van der Waals surface area contributed by atoms with Gasteiger partial charge in [-0.15, -0.1) is 0 Å². The average Bonchev–Trinajstić information content (AvgIpc) is 3.29. The van der Waals surface area contributed by atoms with Crippen molar-refractivity contribution in [2.75, 3.05) is 11.9 Å². The lowest BCUT2D eigenvalue weighted by Gasteiger charge is -2.19. The van der Waals surface area contributed by atoms with Gasteiger partial charge in [0.1, 0.15) is 5.82 Å². The van der Waals surface area contributed by atoms with Gasteiger partial charge in [0, 0.05) is 19.0 Å². The van der Waals surface area contributed by atoms with Crippen molar-refractivity contribution in [2.45, 2.75) is 64.8 Å². The molecule has 2 atom stereocenters. The molecule has 0 bridgehead atoms. The van der Waals surface area contributed by atoms with Crippen LogP contribution in [-0.2, 0) is 26.3 Å². The van der Waals surface area contributed by atoms with E-state index in [4.69, 9.17) is 0 Å². The molecule has 2 aliphatic rings. The summed E-state index contributed by atoms with van der Waals surface area (Å²) in [4.78, 5) is 39.0. The number of carbonyl (C=O) groups is 3. The number of aromatic nitrogens is 2. The van der Waals surface area contributed by atoms with Crippen molar-refractivity contribution in [3.05, 3.63) is 47.7 Å². The van der Waals surface area contributed by atoms with E-state index in [2.05, 4.69) is 55.5 Å². The van der Waals surface area contributed by atoms with Gasteiger partial charge >= 0.3 is 0 Å². The summed E-state index contributed by atoms with van der Waals surface area (Å²) in [6, 6.07) is 10.2. The van der Waals surface area contributed by atoms with Gasteiger partial charge in [-0.1, -0.05) is 57.9 Å². The van der Waals surface area contributed by atoms with Crippen LogP contribution >= 0.6 is 0 Å². The Bertz CT molecular complexity index is 979. The first kappa shape index (κ1) is 22.2. The number of hydrogen-bond acceptors (Lipinski definition) is 4. The van der Waals surface area contributed by atoms with Gasteiger partial charge in [-0.05, 0) is 29.4 Å². The van der Waals surface area contributed by atoms with Gasteiger partial charge in [0.05, 0.1) is 24.6 Å². The fourth-order valence-corrected chi connectivity index (χ4v) is 4.72. The second kappa shape index (κ2) is 8.88. The van der Waals surface area contributed by atoms with Crippen LogP contribution in [0.3, 0.4) is 0 Å². The van der Waals surface area contributed by atoms with E-state index >= 15 is 0 Å². The molecule has 1 aliphatic heterocycles. The number of carbonyl (C=O) groups excluding carboxylic acids is 3. The topological polar surface area (TPSA) is 84.3 Å². The molecule has 2 aromatic rings. The quantitative estimate of drug-likeness (QED) is 0.700. The molecule has 32 heavy (non-hydrogen) atoms. The minimum absolute atomic E-state index is 0.0857. The van der Waals surface area contributed by atoms with Crippen LogP contribution in [0.1, 0.15) is 64.0 Å². The number of likely N-dealkylation sites (tertiary alicyclic amines) is 1. The van der Waals surface area contributed by atoms with Gasteiger partial charge in [-0.25, -0.2) is 4.68 Å². The zero-order chi connectivity index (χ0) is 22.9. The summed E-state index contributed by atoms with van der Waals surface area (Å²) in [6.45, 7) is 7.22. The second-order valence-corrected chi connectivity index (χ2v) is 9.94. The van der Waals surface area contributed by atoms with Crippen LogP contribution in [0.15, 0.2) is 36.5 Å². The SMILES string of the molecule is CC(C)(C)c1ccc(Cn2nccc2NC(=O)CCN2C(=O)C3CCCCC3C2=O)cc1. The molecular weight excluding hydrogens is 404 g/mol. The lowest BCUT2D eigenvalue weighted by atomic mass is 9.81. The standard InChI is InChI=1S/C25H32N4O3/c1-25(2,3)18-10-8-17(9-11-18)16-29-21(12-14-26-29)27-22(30)13-15-28-23(31)19-6-4-5-7-20(19)24(28)32/h8-12,14,19-20H,4-7,13,15-16H2,1-3H3,(H,27,30). The maximum Gasteiger partial charge on any atom is 0.233 e. The minimum atomic E-state index is -0.231. The molecule has 4 rings (SSSR count). The molecule has 0 radical (unpaired) electrons. The molecule has 1 saturated heterocycles. The number of benzene rings is 1. The van der Waals surface area contributed by atoms with Gasteiger partial charge in [0.25, 0.3) is 0 Å². The van der Waals surface area contributed by atoms with Crippen LogP contribution in [0, 0.1) is 11.8 Å². The Hall–Kier alpha value is -2.96. The summed E-state index contributed by atoms with van der Waals surface area (Å²) in [6.07, 6.45) is 5.30. The van der Waals surface area contributed by atoms with Crippen molar-refractivity contribution < 1.29 is 14.4 Å². The summed E-state index contributed by atoms with van der Waals surface area (Å²) in [7, 11) is 0. The second-order valence-electron chi connectivity index (χ2n) is 9.94. The predicted molar refractivity (Wildman–Crippen MR) is 122 cm³/mol. The highest BCUT2D eigenvalue weighted by atomic mass is 16.2. The summed E-state index contributed by atoms with van der Waals surface area (Å²) in [5, 5.41) is 7.20. The normalized spacial score (nSPS) is 21.0. The maximum atomic E-state index is 12.6. The van der Waals surface area contributed by atoms with Crippen molar-refractivity contribution in [1.82, 2.24) is 14.7 Å². The molecule has 1 aliphatic carbocycles. The highest BCUT2D eigenvalue weighted by Crippen LogP contribution is 2.38. The predicted octanol–water partition coefficient (Wildman–Crippen LogP) is 3.73. The van der Waals surface area contributed by atoms with E-state index in [-0.39, 0.29) is 47.9 Å². The summed E-state index contributed by atoms with van der Waals surface area (Å²) >= 11 is 0. The number of imide groups is 1. The van der Waals surface area contributed by atoms with Crippen molar-refractivity contribution in [3.8, 4) is 0 Å². The molecule has 7 nitrogen and oxygen atoms in total. The monoisotopic (exact) mass is 436 g/mol. The Kier molecular flexibility index (Phi) is 6.17. The molecular formula is C25H32N4O3. The van der Waals surface area contributed by atoms with E-state index in [9.17, 15) is 14.4 Å². The van der Waals surface area contributed by atoms with E-state index < -0.39 is 0 Å². The Balaban J connectivity index is 1.33. The Labute approximate surface area is 189 Å². The van der Waals surface area contributed by atoms with E-state index in [1.54, 1.807) is 16.9 Å². The smallest absolute Gasteiger partial charge is 0.233 e. The third-order valence-electron chi connectivity index (χ3n) is 6.63. The highest BCUT2D eigenvalue weighted by molar-refractivity contribution is 6.05. The van der Waals surface area contributed by atoms with Gasteiger partial charge in [-0.3, -0.25) is 19.3 Å². The van der Waals surface area contributed by atoms with Crippen LogP contribution in [0.4, 0.5) is 5.82 Å². The minimum Gasteiger partial charge on any atom is -0.311 e. The number of nitrogens with one attached hydrogen (secondary N) is 1. The molecule has 2 unspecified atom stereocenters. The van der Waals surface area contributed by atoms with Crippen LogP contribution in [0.25, 0.3) is 0 Å². The van der Waals surface area contributed by atoms with E-state index in [1.807, 2.05) is 0 Å². The maximum absolute atomic E-state index is 12.6. The molecule has 1 aromatic heterocycles. The molecule has 1 aromatic carbocycles. The summed E-state index contributed by atoms with van der Waals surface area (Å²) < 4.78 is 1.74. The Morgan fingerprint density at radius 1 is 1.03 bits per heavy atom. The van der Waals surface area contributed by atoms with Crippen LogP contribution in [0.2, 0.25) is 0 Å². The van der Waals surface area contributed by atoms with Crippen molar-refractivity contribution in [3.63, 3.8) is 0 Å². The van der Waals surface area contributed by atoms with Crippen LogP contribution in [0.5, 0.6) is 0 Å². The largest absolute Gasteiger partial charge is 0.311 e. The van der Waals surface area contributed by atoms with Gasteiger partial charge < -0.3 is 5.32 Å². The zero-order valence-electron chi connectivity index (χ0n) is 19.1. The Morgan fingerprint density at radius 2 is 1.66 bits per heavy atom. The van der Waals surface area contributed by atoms with Crippen molar-refractivity contribution in [2.24, 2.45) is 11.8 Å². The first-order valence-electron chi connectivity index (χ1n) is 11.5. The number of amides is 3. The summed E-state index contributed by atoms with van der Waals surface area (Å²) in [5.74, 6) is -0.184. The molecule has 170 valence electrons. The molecule has 0 spiro atoms. The number of nitrogens with zero attached hydrogens (tertiary/aromatic N) is 3. The fraction of sp³-hybridized carbons (Fsp3) is 0.520. The first-order chi connectivity index (χ1) is 15.2. The molecule has 3 amide bonds. The first-order valence-corrected chi connectivity index (χ1v) is 11.5. The third kappa shape index (κ3) is 4.61. The van der Waals surface area contributed by atoms with Gasteiger partial charge in [-0.2, -0.15) is 5.10 Å². The molecule has 2 heterocycles. The van der Waals surface area contributed by atoms with Gasteiger partial charge in [0.2, 0.25) is 17.7 Å². The van der Waals surface area contributed by atoms with E-state index in [0.29, 0.717) is 12.4 Å². The van der Waals surface area contributed by atoms with Crippen molar-refractivity contribution >= 4 is 23.5 Å². The van der Waals surface area contributed by atoms with Crippen molar-refractivity contribution in [1.29, 1.82) is 0 Å². The molecule has 1 saturated carbocycles. The van der Waals surface area contributed by atoms with Crippen LogP contribution < -0.4 is 5.32 Å².